The van der Waals surface area contributed by atoms with Crippen molar-refractivity contribution in [3.05, 3.63) is 90.1 Å². The molecule has 12 heteroatoms. The van der Waals surface area contributed by atoms with Gasteiger partial charge in [-0.15, -0.1) is 0 Å². The molecule has 4 aromatic rings. The Labute approximate surface area is 255 Å². The molecule has 44 heavy (non-hydrogen) atoms. The summed E-state index contributed by atoms with van der Waals surface area (Å²) in [6.07, 6.45) is 5.42. The Bertz CT molecular complexity index is 1550. The maximum atomic E-state index is 13.6. The van der Waals surface area contributed by atoms with Gasteiger partial charge in [-0.1, -0.05) is 62.4 Å². The van der Waals surface area contributed by atoms with Gasteiger partial charge in [0.05, 0.1) is 12.4 Å². The number of nitrogens with two attached hydrogens (primary N) is 1. The predicted octanol–water partition coefficient (Wildman–Crippen LogP) is 1.83. The lowest BCUT2D eigenvalue weighted by Gasteiger charge is -2.26. The lowest BCUT2D eigenvalue weighted by Crippen LogP contribution is -2.58. The third kappa shape index (κ3) is 8.77. The molecular formula is C32H39N7O5. The van der Waals surface area contributed by atoms with Gasteiger partial charge < -0.3 is 36.8 Å². The Balaban J connectivity index is 1.46. The molecule has 2 heterocycles. The lowest BCUT2D eigenvalue weighted by molar-refractivity contribution is -0.142. The third-order valence-corrected chi connectivity index (χ3v) is 7.30. The number of para-hydroxylation sites is 1. The van der Waals surface area contributed by atoms with Gasteiger partial charge in [0.2, 0.25) is 17.7 Å². The van der Waals surface area contributed by atoms with Gasteiger partial charge >= 0.3 is 5.97 Å². The molecule has 8 N–H and O–H groups in total. The summed E-state index contributed by atoms with van der Waals surface area (Å²) in [5.74, 6) is -2.94. The van der Waals surface area contributed by atoms with Crippen molar-refractivity contribution >= 4 is 34.6 Å². The number of imidazole rings is 1. The molecule has 3 amide bonds. The average molecular weight is 602 g/mol. The van der Waals surface area contributed by atoms with Gasteiger partial charge in [-0.25, -0.2) is 9.78 Å². The Morgan fingerprint density at radius 2 is 1.48 bits per heavy atom. The first-order valence-corrected chi connectivity index (χ1v) is 14.6. The summed E-state index contributed by atoms with van der Waals surface area (Å²) in [7, 11) is 0. The molecule has 0 aliphatic carbocycles. The van der Waals surface area contributed by atoms with E-state index in [2.05, 4.69) is 30.9 Å². The summed E-state index contributed by atoms with van der Waals surface area (Å²) in [5, 5.41) is 18.8. The third-order valence-electron chi connectivity index (χ3n) is 7.30. The Morgan fingerprint density at radius 1 is 0.818 bits per heavy atom. The topological polar surface area (TPSA) is 195 Å². The molecule has 0 radical (unpaired) electrons. The smallest absolute Gasteiger partial charge is 0.326 e. The molecular weight excluding hydrogens is 562 g/mol. The van der Waals surface area contributed by atoms with Gasteiger partial charge in [-0.3, -0.25) is 14.4 Å². The zero-order valence-corrected chi connectivity index (χ0v) is 24.7. The van der Waals surface area contributed by atoms with Crippen LogP contribution in [0.3, 0.4) is 0 Å². The number of nitrogens with zero attached hydrogens (tertiary/aromatic N) is 1. The molecule has 0 aliphatic rings. The Hall–Kier alpha value is -4.97. The van der Waals surface area contributed by atoms with Crippen molar-refractivity contribution in [3.8, 4) is 0 Å². The summed E-state index contributed by atoms with van der Waals surface area (Å²) >= 11 is 0. The van der Waals surface area contributed by atoms with Crippen molar-refractivity contribution in [2.24, 2.45) is 11.7 Å². The van der Waals surface area contributed by atoms with Crippen molar-refractivity contribution in [1.29, 1.82) is 0 Å². The molecule has 2 aromatic heterocycles. The zero-order valence-electron chi connectivity index (χ0n) is 24.7. The number of benzene rings is 2. The lowest BCUT2D eigenvalue weighted by atomic mass is 10.00. The number of carboxylic acid groups (broad SMARTS) is 1. The van der Waals surface area contributed by atoms with E-state index in [0.717, 1.165) is 22.0 Å². The van der Waals surface area contributed by atoms with Crippen LogP contribution in [0.4, 0.5) is 0 Å². The number of aromatic amines is 2. The van der Waals surface area contributed by atoms with Crippen LogP contribution in [-0.2, 0) is 38.4 Å². The van der Waals surface area contributed by atoms with Crippen molar-refractivity contribution in [3.63, 3.8) is 0 Å². The first-order valence-electron chi connectivity index (χ1n) is 14.6. The van der Waals surface area contributed by atoms with Crippen LogP contribution >= 0.6 is 0 Å². The molecule has 232 valence electrons. The zero-order chi connectivity index (χ0) is 31.6. The van der Waals surface area contributed by atoms with Gasteiger partial charge in [-0.2, -0.15) is 0 Å². The minimum absolute atomic E-state index is 0.0255. The molecule has 12 nitrogen and oxygen atoms in total. The Kier molecular flexibility index (Phi) is 10.9. The number of H-pyrrole nitrogens is 2. The molecule has 4 rings (SSSR count). The summed E-state index contributed by atoms with van der Waals surface area (Å²) < 4.78 is 0. The molecule has 4 unspecified atom stereocenters. The van der Waals surface area contributed by atoms with Gasteiger partial charge in [0.1, 0.15) is 18.1 Å². The van der Waals surface area contributed by atoms with Crippen LogP contribution in [0.1, 0.15) is 37.1 Å². The highest BCUT2D eigenvalue weighted by atomic mass is 16.4. The van der Waals surface area contributed by atoms with E-state index in [0.29, 0.717) is 12.1 Å². The van der Waals surface area contributed by atoms with E-state index in [1.54, 1.807) is 24.3 Å². The van der Waals surface area contributed by atoms with E-state index in [9.17, 15) is 24.3 Å². The molecule has 0 aliphatic heterocycles. The van der Waals surface area contributed by atoms with Crippen molar-refractivity contribution in [2.45, 2.75) is 63.7 Å². The van der Waals surface area contributed by atoms with Crippen LogP contribution in [-0.4, -0.2) is 67.9 Å². The molecule has 2 aromatic carbocycles. The SMILES string of the molecule is CC(C)CC(NC(=O)C(N)Cc1c[nH]c2ccccc12)C(=O)NC(Cc1cnc[nH]1)C(=O)NC(Cc1ccccc1)C(=O)O. The highest BCUT2D eigenvalue weighted by molar-refractivity contribution is 5.94. The number of carboxylic acids is 1. The number of hydrogen-bond acceptors (Lipinski definition) is 6. The summed E-state index contributed by atoms with van der Waals surface area (Å²) in [6.45, 7) is 3.82. The van der Waals surface area contributed by atoms with Gasteiger partial charge in [-0.05, 0) is 36.0 Å². The second-order valence-electron chi connectivity index (χ2n) is 11.3. The molecule has 0 fully saturated rings. The quantitative estimate of drug-likeness (QED) is 0.108. The average Bonchev–Trinajstić information content (AvgIpc) is 3.66. The fraction of sp³-hybridized carbons (Fsp3) is 0.344. The van der Waals surface area contributed by atoms with Gasteiger partial charge in [0.25, 0.3) is 0 Å². The fourth-order valence-corrected chi connectivity index (χ4v) is 5.03. The summed E-state index contributed by atoms with van der Waals surface area (Å²) in [6, 6.07) is 12.4. The summed E-state index contributed by atoms with van der Waals surface area (Å²) in [5.41, 5.74) is 9.39. The number of hydrogen-bond donors (Lipinski definition) is 7. The monoisotopic (exact) mass is 601 g/mol. The highest BCUT2D eigenvalue weighted by Crippen LogP contribution is 2.19. The highest BCUT2D eigenvalue weighted by Gasteiger charge is 2.31. The van der Waals surface area contributed by atoms with Gasteiger partial charge in [0.15, 0.2) is 0 Å². The first-order chi connectivity index (χ1) is 21.1. The van der Waals surface area contributed by atoms with Crippen molar-refractivity contribution in [2.75, 3.05) is 0 Å². The van der Waals surface area contributed by atoms with Crippen LogP contribution in [0, 0.1) is 5.92 Å². The number of rotatable bonds is 15. The second kappa shape index (κ2) is 15.0. The van der Waals surface area contributed by atoms with E-state index >= 15 is 0 Å². The minimum atomic E-state index is -1.22. The van der Waals surface area contributed by atoms with Gasteiger partial charge in [0, 0.05) is 41.8 Å². The largest absolute Gasteiger partial charge is 0.480 e. The number of carbonyl (C=O) groups excluding carboxylic acids is 3. The number of aliphatic carboxylic acids is 1. The molecule has 0 saturated carbocycles. The number of fused-ring (bicyclic) bond motifs is 1. The summed E-state index contributed by atoms with van der Waals surface area (Å²) in [4.78, 5) is 62.3. The maximum absolute atomic E-state index is 13.6. The normalized spacial score (nSPS) is 14.0. The number of aromatic nitrogens is 3. The van der Waals surface area contributed by atoms with E-state index < -0.39 is 47.9 Å². The number of carbonyl (C=O) groups is 4. The number of nitrogens with one attached hydrogen (secondary N) is 5. The molecule has 0 saturated heterocycles. The van der Waals surface area contributed by atoms with Crippen molar-refractivity contribution < 1.29 is 24.3 Å². The number of amides is 3. The standard InChI is InChI=1S/C32H39N7O5/c1-19(2)12-26(37-29(40)24(33)14-21-16-35-25-11-7-6-10-23(21)25)30(41)38-27(15-22-17-34-18-36-22)31(42)39-28(32(43)44)13-20-8-4-3-5-9-20/h3-11,16-19,24,26-28,35H,12-15,33H2,1-2H3,(H,34,36)(H,37,40)(H,38,41)(H,39,42)(H,43,44). The first kappa shape index (κ1) is 32.0. The maximum Gasteiger partial charge on any atom is 0.326 e. The van der Waals surface area contributed by atoms with E-state index in [4.69, 9.17) is 5.73 Å². The fourth-order valence-electron chi connectivity index (χ4n) is 5.03. The minimum Gasteiger partial charge on any atom is -0.480 e. The predicted molar refractivity (Wildman–Crippen MR) is 165 cm³/mol. The Morgan fingerprint density at radius 3 is 2.16 bits per heavy atom. The van der Waals surface area contributed by atoms with Crippen LogP contribution in [0.2, 0.25) is 0 Å². The van der Waals surface area contributed by atoms with E-state index in [-0.39, 0.29) is 25.2 Å². The van der Waals surface area contributed by atoms with E-state index in [1.165, 1.54) is 12.5 Å². The second-order valence-corrected chi connectivity index (χ2v) is 11.3. The van der Waals surface area contributed by atoms with E-state index in [1.807, 2.05) is 50.4 Å². The van der Waals surface area contributed by atoms with Crippen molar-refractivity contribution in [1.82, 2.24) is 30.9 Å². The van der Waals surface area contributed by atoms with Crippen LogP contribution in [0.15, 0.2) is 73.3 Å². The van der Waals surface area contributed by atoms with Crippen LogP contribution in [0.5, 0.6) is 0 Å². The molecule has 4 atom stereocenters. The molecule has 0 bridgehead atoms. The van der Waals surface area contributed by atoms with Crippen LogP contribution < -0.4 is 21.7 Å². The van der Waals surface area contributed by atoms with Crippen LogP contribution in [0.25, 0.3) is 10.9 Å². The molecule has 0 spiro atoms.